The molecule has 6 nitrogen and oxygen atoms in total. The van der Waals surface area contributed by atoms with Crippen molar-refractivity contribution in [2.75, 3.05) is 13.1 Å². The monoisotopic (exact) mass is 358 g/mol. The van der Waals surface area contributed by atoms with E-state index in [1.807, 2.05) is 18.2 Å². The Bertz CT molecular complexity index is 686. The molecule has 0 spiro atoms. The van der Waals surface area contributed by atoms with E-state index in [1.165, 1.54) is 0 Å². The van der Waals surface area contributed by atoms with Gasteiger partial charge in [-0.05, 0) is 45.2 Å². The first-order valence-corrected chi connectivity index (χ1v) is 8.86. The Morgan fingerprint density at radius 3 is 2.62 bits per heavy atom. The van der Waals surface area contributed by atoms with Crippen molar-refractivity contribution in [2.45, 2.75) is 39.2 Å². The van der Waals surface area contributed by atoms with Crippen LogP contribution < -0.4 is 5.32 Å². The van der Waals surface area contributed by atoms with Crippen LogP contribution in [-0.2, 0) is 9.59 Å². The molecule has 0 saturated carbocycles. The summed E-state index contributed by atoms with van der Waals surface area (Å²) < 4.78 is 0. The lowest BCUT2D eigenvalue weighted by Gasteiger charge is -2.39. The van der Waals surface area contributed by atoms with Crippen LogP contribution in [-0.4, -0.2) is 46.9 Å². The molecule has 6 heteroatoms. The molecule has 1 heterocycles. The van der Waals surface area contributed by atoms with Gasteiger partial charge in [0.15, 0.2) is 0 Å². The molecule has 0 radical (unpaired) electrons. The first-order valence-electron chi connectivity index (χ1n) is 8.86. The van der Waals surface area contributed by atoms with Gasteiger partial charge in [0.25, 0.3) is 5.91 Å². The van der Waals surface area contributed by atoms with Gasteiger partial charge in [0, 0.05) is 18.7 Å². The number of carbonyl (C=O) groups excluding carboxylic acids is 2. The fraction of sp³-hybridized carbons (Fsp3) is 0.450. The highest BCUT2D eigenvalue weighted by Crippen LogP contribution is 2.30. The Balaban J connectivity index is 2.08. The van der Waals surface area contributed by atoms with Crippen LogP contribution in [0.15, 0.2) is 42.5 Å². The molecule has 2 atom stereocenters. The summed E-state index contributed by atoms with van der Waals surface area (Å²) in [5.41, 5.74) is -0.208. The molecule has 1 fully saturated rings. The Morgan fingerprint density at radius 1 is 1.31 bits per heavy atom. The lowest BCUT2D eigenvalue weighted by molar-refractivity contribution is -0.144. The number of benzene rings is 1. The molecule has 0 aliphatic carbocycles. The van der Waals surface area contributed by atoms with Gasteiger partial charge in [0.05, 0.1) is 5.41 Å². The Hall–Kier alpha value is -2.63. The summed E-state index contributed by atoms with van der Waals surface area (Å²) in [5.74, 6) is -1.49. The van der Waals surface area contributed by atoms with Crippen LogP contribution in [0.4, 0.5) is 0 Å². The number of hydrogen-bond acceptors (Lipinski definition) is 3. The predicted octanol–water partition coefficient (Wildman–Crippen LogP) is 2.46. The third-order valence-electron chi connectivity index (χ3n) is 4.76. The van der Waals surface area contributed by atoms with Gasteiger partial charge in [-0.2, -0.15) is 0 Å². The normalized spacial score (nSPS) is 21.4. The third kappa shape index (κ3) is 4.71. The standard InChI is InChI=1S/C20H26N2O4/c1-3-4-11-16(18(24)25)21-19(26)20(2)12-8-13-22(14-20)17(23)15-9-6-5-7-10-15/h3-7,9-10,16H,8,11-14H2,1-2H3,(H,21,26)(H,24,25)/b4-3+. The average molecular weight is 358 g/mol. The number of nitrogens with zero attached hydrogens (tertiary/aromatic N) is 1. The number of amides is 2. The second kappa shape index (κ2) is 8.65. The van der Waals surface area contributed by atoms with Crippen LogP contribution in [0.2, 0.25) is 0 Å². The summed E-state index contributed by atoms with van der Waals surface area (Å²) in [5, 5.41) is 11.9. The minimum atomic E-state index is -1.06. The molecule has 2 N–H and O–H groups in total. The van der Waals surface area contributed by atoms with E-state index in [-0.39, 0.29) is 24.8 Å². The maximum atomic E-state index is 12.8. The van der Waals surface area contributed by atoms with Crippen LogP contribution in [0.3, 0.4) is 0 Å². The van der Waals surface area contributed by atoms with Gasteiger partial charge in [0.2, 0.25) is 5.91 Å². The van der Waals surface area contributed by atoms with E-state index in [0.717, 1.165) is 0 Å². The van der Waals surface area contributed by atoms with E-state index in [0.29, 0.717) is 24.9 Å². The topological polar surface area (TPSA) is 86.7 Å². The van der Waals surface area contributed by atoms with Crippen molar-refractivity contribution < 1.29 is 19.5 Å². The molecule has 1 saturated heterocycles. The molecule has 2 amide bonds. The second-order valence-electron chi connectivity index (χ2n) is 6.93. The van der Waals surface area contributed by atoms with Crippen molar-refractivity contribution in [3.63, 3.8) is 0 Å². The fourth-order valence-electron chi connectivity index (χ4n) is 3.19. The molecule has 0 aromatic heterocycles. The number of nitrogens with one attached hydrogen (secondary N) is 1. The van der Waals surface area contributed by atoms with E-state index >= 15 is 0 Å². The summed E-state index contributed by atoms with van der Waals surface area (Å²) in [4.78, 5) is 38.5. The highest BCUT2D eigenvalue weighted by atomic mass is 16.4. The lowest BCUT2D eigenvalue weighted by atomic mass is 9.80. The van der Waals surface area contributed by atoms with Crippen LogP contribution in [0.5, 0.6) is 0 Å². The van der Waals surface area contributed by atoms with E-state index < -0.39 is 17.4 Å². The molecule has 26 heavy (non-hydrogen) atoms. The number of hydrogen-bond donors (Lipinski definition) is 2. The summed E-state index contributed by atoms with van der Waals surface area (Å²) in [7, 11) is 0. The maximum Gasteiger partial charge on any atom is 0.326 e. The molecular formula is C20H26N2O4. The quantitative estimate of drug-likeness (QED) is 0.765. The SMILES string of the molecule is C/C=C/CC(NC(=O)C1(C)CCCN(C(=O)c2ccccc2)C1)C(=O)O. The first-order chi connectivity index (χ1) is 12.4. The van der Waals surface area contributed by atoms with Crippen LogP contribution >= 0.6 is 0 Å². The lowest BCUT2D eigenvalue weighted by Crippen LogP contribution is -2.54. The van der Waals surface area contributed by atoms with Crippen molar-refractivity contribution >= 4 is 17.8 Å². The highest BCUT2D eigenvalue weighted by Gasteiger charge is 2.40. The minimum Gasteiger partial charge on any atom is -0.480 e. The van der Waals surface area contributed by atoms with Crippen LogP contribution in [0.1, 0.15) is 43.5 Å². The van der Waals surface area contributed by atoms with Crippen molar-refractivity contribution in [3.05, 3.63) is 48.0 Å². The van der Waals surface area contributed by atoms with Crippen molar-refractivity contribution in [1.82, 2.24) is 10.2 Å². The summed E-state index contributed by atoms with van der Waals surface area (Å²) in [6.45, 7) is 4.47. The number of rotatable bonds is 6. The summed E-state index contributed by atoms with van der Waals surface area (Å²) in [6, 6.07) is 8.01. The number of carbonyl (C=O) groups is 3. The van der Waals surface area contributed by atoms with Gasteiger partial charge in [-0.15, -0.1) is 0 Å². The number of piperidine rings is 1. The zero-order valence-electron chi connectivity index (χ0n) is 15.3. The van der Waals surface area contributed by atoms with E-state index in [9.17, 15) is 19.5 Å². The van der Waals surface area contributed by atoms with Gasteiger partial charge in [-0.3, -0.25) is 9.59 Å². The van der Waals surface area contributed by atoms with Gasteiger partial charge >= 0.3 is 5.97 Å². The summed E-state index contributed by atoms with van der Waals surface area (Å²) >= 11 is 0. The molecule has 140 valence electrons. The maximum absolute atomic E-state index is 12.8. The molecular weight excluding hydrogens is 332 g/mol. The molecule has 1 aliphatic heterocycles. The molecule has 1 aliphatic rings. The van der Waals surface area contributed by atoms with Gasteiger partial charge in [-0.1, -0.05) is 30.4 Å². The first kappa shape index (κ1) is 19.7. The predicted molar refractivity (Wildman–Crippen MR) is 98.7 cm³/mol. The van der Waals surface area contributed by atoms with Gasteiger partial charge < -0.3 is 15.3 Å². The summed E-state index contributed by atoms with van der Waals surface area (Å²) in [6.07, 6.45) is 5.03. The van der Waals surface area contributed by atoms with Crippen molar-refractivity contribution in [1.29, 1.82) is 0 Å². The zero-order valence-corrected chi connectivity index (χ0v) is 15.3. The van der Waals surface area contributed by atoms with Gasteiger partial charge in [0.1, 0.15) is 6.04 Å². The minimum absolute atomic E-state index is 0.104. The molecule has 1 aromatic rings. The smallest absolute Gasteiger partial charge is 0.326 e. The average Bonchev–Trinajstić information content (AvgIpc) is 2.64. The van der Waals surface area contributed by atoms with Crippen LogP contribution in [0.25, 0.3) is 0 Å². The fourth-order valence-corrected chi connectivity index (χ4v) is 3.19. The molecule has 2 rings (SSSR count). The second-order valence-corrected chi connectivity index (χ2v) is 6.93. The van der Waals surface area contributed by atoms with E-state index in [4.69, 9.17) is 0 Å². The number of carboxylic acid groups (broad SMARTS) is 1. The third-order valence-corrected chi connectivity index (χ3v) is 4.76. The van der Waals surface area contributed by atoms with Gasteiger partial charge in [-0.25, -0.2) is 4.79 Å². The van der Waals surface area contributed by atoms with Crippen LogP contribution in [0, 0.1) is 5.41 Å². The Morgan fingerprint density at radius 2 is 2.00 bits per heavy atom. The molecule has 1 aromatic carbocycles. The number of carboxylic acids is 1. The Labute approximate surface area is 153 Å². The largest absolute Gasteiger partial charge is 0.480 e. The molecule has 2 unspecified atom stereocenters. The Kier molecular flexibility index (Phi) is 6.55. The highest BCUT2D eigenvalue weighted by molar-refractivity contribution is 5.95. The van der Waals surface area contributed by atoms with E-state index in [1.54, 1.807) is 43.0 Å². The number of likely N-dealkylation sites (tertiary alicyclic amines) is 1. The number of aliphatic carboxylic acids is 1. The van der Waals surface area contributed by atoms with Crippen molar-refractivity contribution in [2.24, 2.45) is 5.41 Å². The van der Waals surface area contributed by atoms with E-state index in [2.05, 4.69) is 5.32 Å². The number of allylic oxidation sites excluding steroid dienone is 1. The van der Waals surface area contributed by atoms with Crippen molar-refractivity contribution in [3.8, 4) is 0 Å². The zero-order chi connectivity index (χ0) is 19.2. The molecule has 0 bridgehead atoms.